The van der Waals surface area contributed by atoms with Gasteiger partial charge in [0.25, 0.3) is 11.6 Å². The minimum absolute atomic E-state index is 0.0717. The van der Waals surface area contributed by atoms with Crippen molar-refractivity contribution >= 4 is 28.2 Å². The molecular weight excluding hydrogens is 390 g/mol. The van der Waals surface area contributed by atoms with E-state index in [1.807, 2.05) is 62.4 Å². The van der Waals surface area contributed by atoms with Crippen LogP contribution in [0, 0.1) is 30.9 Å². The second-order valence-corrected chi connectivity index (χ2v) is 7.55. The normalized spacial score (nSPS) is 10.8. The molecule has 4 aromatic rings. The Morgan fingerprint density at radius 2 is 1.68 bits per heavy atom. The zero-order valence-corrected chi connectivity index (χ0v) is 17.5. The van der Waals surface area contributed by atoms with Crippen LogP contribution in [0.2, 0.25) is 0 Å². The number of pyridine rings is 1. The van der Waals surface area contributed by atoms with Crippen LogP contribution in [0.15, 0.2) is 66.7 Å². The number of amides is 1. The Morgan fingerprint density at radius 1 is 0.968 bits per heavy atom. The summed E-state index contributed by atoms with van der Waals surface area (Å²) in [5.74, 6) is -0.326. The number of nitro groups is 1. The fourth-order valence-electron chi connectivity index (χ4n) is 3.64. The molecule has 0 saturated carbocycles. The van der Waals surface area contributed by atoms with Crippen molar-refractivity contribution in [2.45, 2.75) is 20.8 Å². The van der Waals surface area contributed by atoms with Gasteiger partial charge in [0, 0.05) is 23.1 Å². The smallest absolute Gasteiger partial charge is 0.271 e. The molecule has 1 N–H and O–H groups in total. The maximum absolute atomic E-state index is 13.4. The number of aryl methyl sites for hydroxylation is 2. The summed E-state index contributed by atoms with van der Waals surface area (Å²) in [7, 11) is 0. The predicted octanol–water partition coefficient (Wildman–Crippen LogP) is 5.99. The van der Waals surface area contributed by atoms with Gasteiger partial charge in [-0.05, 0) is 38.0 Å². The van der Waals surface area contributed by atoms with Crippen molar-refractivity contribution in [3.8, 4) is 11.3 Å². The molecule has 0 bridgehead atoms. The third kappa shape index (κ3) is 3.88. The van der Waals surface area contributed by atoms with E-state index in [4.69, 9.17) is 4.98 Å². The number of hydrogen-bond acceptors (Lipinski definition) is 4. The number of aromatic nitrogens is 1. The first-order chi connectivity index (χ1) is 14.8. The SMILES string of the molecule is Cc1ccc(-c2nc3ccccc3c(C(=O)Nc3cc([N+](=O)[O-])ccc3C)c2C)cc1. The molecule has 6 nitrogen and oxygen atoms in total. The molecule has 0 spiro atoms. The second kappa shape index (κ2) is 7.99. The molecule has 0 fully saturated rings. The van der Waals surface area contributed by atoms with E-state index in [9.17, 15) is 14.9 Å². The number of benzene rings is 3. The van der Waals surface area contributed by atoms with Crippen LogP contribution in [0.5, 0.6) is 0 Å². The number of anilines is 1. The van der Waals surface area contributed by atoms with Crippen molar-refractivity contribution in [1.29, 1.82) is 0 Å². The molecule has 1 amide bonds. The summed E-state index contributed by atoms with van der Waals surface area (Å²) in [4.78, 5) is 28.9. The Labute approximate surface area is 179 Å². The quantitative estimate of drug-likeness (QED) is 0.330. The molecule has 0 aliphatic rings. The molecule has 0 atom stereocenters. The van der Waals surface area contributed by atoms with Crippen molar-refractivity contribution in [3.05, 3.63) is 99.1 Å². The molecule has 1 heterocycles. The van der Waals surface area contributed by atoms with Gasteiger partial charge in [-0.25, -0.2) is 4.98 Å². The summed E-state index contributed by atoms with van der Waals surface area (Å²) < 4.78 is 0. The third-order valence-corrected chi connectivity index (χ3v) is 5.37. The molecule has 6 heteroatoms. The zero-order valence-electron chi connectivity index (χ0n) is 17.5. The minimum atomic E-state index is -0.475. The Bertz CT molecular complexity index is 1330. The van der Waals surface area contributed by atoms with Gasteiger partial charge in [-0.3, -0.25) is 14.9 Å². The molecule has 0 aliphatic heterocycles. The number of fused-ring (bicyclic) bond motifs is 1. The van der Waals surface area contributed by atoms with E-state index < -0.39 is 4.92 Å². The number of carbonyl (C=O) groups is 1. The van der Waals surface area contributed by atoms with Gasteiger partial charge < -0.3 is 5.32 Å². The number of nitro benzene ring substituents is 1. The van der Waals surface area contributed by atoms with E-state index in [1.54, 1.807) is 13.0 Å². The molecule has 0 saturated heterocycles. The average molecular weight is 411 g/mol. The Balaban J connectivity index is 1.86. The maximum Gasteiger partial charge on any atom is 0.271 e. The van der Waals surface area contributed by atoms with Gasteiger partial charge in [-0.1, -0.05) is 54.1 Å². The van der Waals surface area contributed by atoms with Gasteiger partial charge in [0.1, 0.15) is 0 Å². The first-order valence-corrected chi connectivity index (χ1v) is 9.88. The first kappa shape index (κ1) is 20.2. The number of nitrogens with zero attached hydrogens (tertiary/aromatic N) is 2. The van der Waals surface area contributed by atoms with Gasteiger partial charge in [0.15, 0.2) is 0 Å². The lowest BCUT2D eigenvalue weighted by atomic mass is 9.96. The number of hydrogen-bond donors (Lipinski definition) is 1. The van der Waals surface area contributed by atoms with Gasteiger partial charge in [-0.2, -0.15) is 0 Å². The van der Waals surface area contributed by atoms with Crippen molar-refractivity contribution in [3.63, 3.8) is 0 Å². The van der Waals surface area contributed by atoms with Crippen molar-refractivity contribution in [2.24, 2.45) is 0 Å². The highest BCUT2D eigenvalue weighted by Gasteiger charge is 2.20. The molecule has 0 unspecified atom stereocenters. The topological polar surface area (TPSA) is 85.1 Å². The largest absolute Gasteiger partial charge is 0.321 e. The lowest BCUT2D eigenvalue weighted by molar-refractivity contribution is -0.384. The fraction of sp³-hybridized carbons (Fsp3) is 0.120. The number of rotatable bonds is 4. The minimum Gasteiger partial charge on any atom is -0.321 e. The van der Waals surface area contributed by atoms with Crippen molar-refractivity contribution in [1.82, 2.24) is 4.98 Å². The van der Waals surface area contributed by atoms with Crippen LogP contribution < -0.4 is 5.32 Å². The molecule has 0 radical (unpaired) electrons. The molecule has 154 valence electrons. The fourth-order valence-corrected chi connectivity index (χ4v) is 3.64. The molecule has 0 aliphatic carbocycles. The molecule has 4 rings (SSSR count). The highest BCUT2D eigenvalue weighted by atomic mass is 16.6. The van der Waals surface area contributed by atoms with Gasteiger partial charge in [-0.15, -0.1) is 0 Å². The average Bonchev–Trinajstić information content (AvgIpc) is 2.75. The number of para-hydroxylation sites is 1. The number of carbonyl (C=O) groups excluding carboxylic acids is 1. The lowest BCUT2D eigenvalue weighted by Crippen LogP contribution is -2.16. The number of non-ortho nitro benzene ring substituents is 1. The Morgan fingerprint density at radius 3 is 2.39 bits per heavy atom. The second-order valence-electron chi connectivity index (χ2n) is 7.55. The molecular formula is C25H21N3O3. The predicted molar refractivity (Wildman–Crippen MR) is 122 cm³/mol. The van der Waals surface area contributed by atoms with Crippen LogP contribution in [0.25, 0.3) is 22.2 Å². The van der Waals surface area contributed by atoms with E-state index in [0.717, 1.165) is 33.3 Å². The van der Waals surface area contributed by atoms with E-state index >= 15 is 0 Å². The monoisotopic (exact) mass is 411 g/mol. The Kier molecular flexibility index (Phi) is 5.21. The van der Waals surface area contributed by atoms with E-state index in [-0.39, 0.29) is 11.6 Å². The highest BCUT2D eigenvalue weighted by Crippen LogP contribution is 2.31. The first-order valence-electron chi connectivity index (χ1n) is 9.88. The van der Waals surface area contributed by atoms with Crippen molar-refractivity contribution in [2.75, 3.05) is 5.32 Å². The summed E-state index contributed by atoms with van der Waals surface area (Å²) >= 11 is 0. The molecule has 1 aromatic heterocycles. The van der Waals surface area contributed by atoms with Crippen LogP contribution in [0.1, 0.15) is 27.0 Å². The van der Waals surface area contributed by atoms with Gasteiger partial charge in [0.2, 0.25) is 0 Å². The molecule has 31 heavy (non-hydrogen) atoms. The van der Waals surface area contributed by atoms with E-state index in [2.05, 4.69) is 5.32 Å². The van der Waals surface area contributed by atoms with Crippen LogP contribution in [-0.4, -0.2) is 15.8 Å². The van der Waals surface area contributed by atoms with Crippen LogP contribution >= 0.6 is 0 Å². The van der Waals surface area contributed by atoms with Gasteiger partial charge in [0.05, 0.1) is 27.4 Å². The van der Waals surface area contributed by atoms with E-state index in [0.29, 0.717) is 16.8 Å². The summed E-state index contributed by atoms with van der Waals surface area (Å²) in [6, 6.07) is 19.9. The Hall–Kier alpha value is -4.06. The van der Waals surface area contributed by atoms with E-state index in [1.165, 1.54) is 12.1 Å². The standard InChI is InChI=1S/C25H21N3O3/c1-15-8-11-18(12-9-15)24-17(3)23(20-6-4-5-7-21(20)26-24)25(29)27-22-14-19(28(30)31)13-10-16(22)2/h4-14H,1-3H3,(H,27,29). The van der Waals surface area contributed by atoms with Crippen LogP contribution in [-0.2, 0) is 0 Å². The van der Waals surface area contributed by atoms with Gasteiger partial charge >= 0.3 is 0 Å². The summed E-state index contributed by atoms with van der Waals surface area (Å²) in [6.45, 7) is 5.70. The summed E-state index contributed by atoms with van der Waals surface area (Å²) in [6.07, 6.45) is 0. The maximum atomic E-state index is 13.4. The lowest BCUT2D eigenvalue weighted by Gasteiger charge is -2.15. The highest BCUT2D eigenvalue weighted by molar-refractivity contribution is 6.14. The van der Waals surface area contributed by atoms with Crippen molar-refractivity contribution < 1.29 is 9.72 Å². The third-order valence-electron chi connectivity index (χ3n) is 5.37. The zero-order chi connectivity index (χ0) is 22.1. The molecule has 3 aromatic carbocycles. The number of nitrogens with one attached hydrogen (secondary N) is 1. The van der Waals surface area contributed by atoms with Crippen LogP contribution in [0.4, 0.5) is 11.4 Å². The van der Waals surface area contributed by atoms with Crippen LogP contribution in [0.3, 0.4) is 0 Å². The summed E-state index contributed by atoms with van der Waals surface area (Å²) in [5.41, 5.74) is 5.86. The summed E-state index contributed by atoms with van der Waals surface area (Å²) in [5, 5.41) is 14.8.